The molecule has 4 atom stereocenters. The molecule has 7 rings (SSSR count). The summed E-state index contributed by atoms with van der Waals surface area (Å²) in [6, 6.07) is 18.0. The number of aliphatic imine (C=N–C) groups is 1. The van der Waals surface area contributed by atoms with E-state index in [0.717, 1.165) is 84.9 Å². The first kappa shape index (κ1) is 36.3. The fourth-order valence-electron chi connectivity index (χ4n) is 7.77. The summed E-state index contributed by atoms with van der Waals surface area (Å²) >= 11 is 0. The Morgan fingerprint density at radius 1 is 0.906 bits per heavy atom. The van der Waals surface area contributed by atoms with Gasteiger partial charge in [-0.3, -0.25) is 19.6 Å². The van der Waals surface area contributed by atoms with E-state index in [1.54, 1.807) is 17.3 Å². The number of hydrogen-bond donors (Lipinski definition) is 2. The zero-order valence-corrected chi connectivity index (χ0v) is 31.5. The molecule has 3 aliphatic heterocycles. The lowest BCUT2D eigenvalue weighted by Crippen LogP contribution is -2.49. The van der Waals surface area contributed by atoms with Crippen molar-refractivity contribution in [3.63, 3.8) is 0 Å². The summed E-state index contributed by atoms with van der Waals surface area (Å²) in [6.07, 6.45) is 8.68. The number of rotatable bonds is 10. The van der Waals surface area contributed by atoms with Gasteiger partial charge in [-0.15, -0.1) is 0 Å². The van der Waals surface area contributed by atoms with Crippen molar-refractivity contribution in [3.05, 3.63) is 90.1 Å². The number of carbonyl (C=O) groups is 2. The number of imidazole rings is 1. The van der Waals surface area contributed by atoms with Crippen LogP contribution in [0.2, 0.25) is 0 Å². The minimum absolute atomic E-state index is 0.0348. The average molecular weight is 718 g/mol. The predicted molar refractivity (Wildman–Crippen MR) is 205 cm³/mol. The molecule has 5 heterocycles. The Hall–Kier alpha value is -5.10. The second kappa shape index (κ2) is 15.5. The van der Waals surface area contributed by atoms with Crippen molar-refractivity contribution in [1.29, 1.82) is 0 Å². The summed E-state index contributed by atoms with van der Waals surface area (Å²) in [6.45, 7) is 13.5. The van der Waals surface area contributed by atoms with E-state index < -0.39 is 5.60 Å². The summed E-state index contributed by atoms with van der Waals surface area (Å²) < 4.78 is 5.63. The molecule has 0 bridgehead atoms. The molecule has 2 saturated heterocycles. The molecule has 2 fully saturated rings. The lowest BCUT2D eigenvalue weighted by molar-refractivity contribution is -0.137. The van der Waals surface area contributed by atoms with Crippen molar-refractivity contribution in [2.45, 2.75) is 90.1 Å². The Morgan fingerprint density at radius 3 is 2.26 bits per heavy atom. The van der Waals surface area contributed by atoms with Crippen molar-refractivity contribution in [2.75, 3.05) is 32.7 Å². The number of H-pyrrole nitrogens is 1. The van der Waals surface area contributed by atoms with Crippen LogP contribution in [0, 0.1) is 0 Å². The molecule has 2 amide bonds. The third-order valence-corrected chi connectivity index (χ3v) is 10.5. The zero-order chi connectivity index (χ0) is 37.1. The van der Waals surface area contributed by atoms with Crippen LogP contribution in [0.5, 0.6) is 0 Å². The van der Waals surface area contributed by atoms with E-state index >= 15 is 0 Å². The molecule has 12 nitrogen and oxygen atoms in total. The Labute approximate surface area is 312 Å². The maximum atomic E-state index is 14.2. The standard InChI is InChI=1S/C41H51N9O3/c1-6-48(7-2)35(28-13-9-8-10-14-28)39(51)49-21-11-15-33(49)37-44-25-31(46-37)27-17-19-29(20-18-27)36-42-23-30(24-43-36)32-26-45-38(47-32)34-16-12-22-50(34)40(52)53-41(3,4)5/h8-10,13-14,17-20,23-24,26,31,33-35H,6-7,11-12,15-16,21-22,25H2,1-5H3,(H,44,46)(H,45,47)/t31?,33-,34-,35+/m0/s1. The van der Waals surface area contributed by atoms with Gasteiger partial charge in [-0.25, -0.2) is 19.7 Å². The minimum atomic E-state index is -0.553. The lowest BCUT2D eigenvalue weighted by atomic mass is 10.0. The first-order valence-corrected chi connectivity index (χ1v) is 19.0. The number of likely N-dealkylation sites (N-methyl/N-ethyl adjacent to an activating group) is 1. The number of amidine groups is 1. The monoisotopic (exact) mass is 717 g/mol. The lowest BCUT2D eigenvalue weighted by Gasteiger charge is -2.35. The molecular weight excluding hydrogens is 667 g/mol. The third-order valence-electron chi connectivity index (χ3n) is 10.5. The first-order chi connectivity index (χ1) is 25.6. The Morgan fingerprint density at radius 2 is 1.58 bits per heavy atom. The number of ether oxygens (including phenoxy) is 1. The van der Waals surface area contributed by atoms with Crippen LogP contribution in [-0.4, -0.2) is 96.8 Å². The van der Waals surface area contributed by atoms with E-state index in [2.05, 4.69) is 63.3 Å². The van der Waals surface area contributed by atoms with Crippen molar-refractivity contribution in [3.8, 4) is 22.6 Å². The van der Waals surface area contributed by atoms with Crippen LogP contribution in [0.1, 0.15) is 95.4 Å². The van der Waals surface area contributed by atoms with Gasteiger partial charge in [0.05, 0.1) is 30.4 Å². The van der Waals surface area contributed by atoms with Crippen LogP contribution in [0.4, 0.5) is 4.79 Å². The van der Waals surface area contributed by atoms with Crippen LogP contribution >= 0.6 is 0 Å². The number of amides is 2. The highest BCUT2D eigenvalue weighted by Gasteiger charge is 2.40. The van der Waals surface area contributed by atoms with Crippen molar-refractivity contribution in [2.24, 2.45) is 4.99 Å². The Bertz CT molecular complexity index is 1900. The molecule has 53 heavy (non-hydrogen) atoms. The normalized spacial score (nSPS) is 20.8. The third kappa shape index (κ3) is 7.83. The molecule has 12 heteroatoms. The van der Waals surface area contributed by atoms with Crippen LogP contribution in [0.15, 0.2) is 78.2 Å². The largest absolute Gasteiger partial charge is 0.444 e. The number of likely N-dealkylation sites (tertiary alicyclic amines) is 2. The van der Waals surface area contributed by atoms with Crippen LogP contribution < -0.4 is 5.32 Å². The van der Waals surface area contributed by atoms with Gasteiger partial charge < -0.3 is 19.9 Å². The van der Waals surface area contributed by atoms with Gasteiger partial charge in [-0.05, 0) is 70.7 Å². The number of benzene rings is 2. The molecule has 278 valence electrons. The van der Waals surface area contributed by atoms with Crippen LogP contribution in [0.3, 0.4) is 0 Å². The molecule has 0 saturated carbocycles. The molecule has 4 aromatic rings. The second-order valence-electron chi connectivity index (χ2n) is 15.1. The van der Waals surface area contributed by atoms with Crippen molar-refractivity contribution < 1.29 is 14.3 Å². The summed E-state index contributed by atoms with van der Waals surface area (Å²) in [5, 5.41) is 3.67. The number of nitrogens with one attached hydrogen (secondary N) is 2. The van der Waals surface area contributed by atoms with E-state index in [1.165, 1.54) is 0 Å². The fraction of sp³-hybridized carbons (Fsp3) is 0.463. The van der Waals surface area contributed by atoms with E-state index in [-0.39, 0.29) is 36.2 Å². The Balaban J connectivity index is 0.980. The van der Waals surface area contributed by atoms with Gasteiger partial charge in [0.2, 0.25) is 5.91 Å². The molecule has 0 aliphatic carbocycles. The molecule has 0 spiro atoms. The predicted octanol–water partition coefficient (Wildman–Crippen LogP) is 6.72. The highest BCUT2D eigenvalue weighted by Crippen LogP contribution is 2.34. The maximum Gasteiger partial charge on any atom is 0.410 e. The van der Waals surface area contributed by atoms with Crippen LogP contribution in [0.25, 0.3) is 22.6 Å². The van der Waals surface area contributed by atoms with Gasteiger partial charge in [0, 0.05) is 42.8 Å². The topological polar surface area (TPSA) is 132 Å². The van der Waals surface area contributed by atoms with Gasteiger partial charge in [-0.1, -0.05) is 68.4 Å². The van der Waals surface area contributed by atoms with Gasteiger partial charge in [0.15, 0.2) is 5.82 Å². The average Bonchev–Trinajstić information content (AvgIpc) is 4.00. The summed E-state index contributed by atoms with van der Waals surface area (Å²) in [5.41, 5.74) is 4.04. The Kier molecular flexibility index (Phi) is 10.6. The van der Waals surface area contributed by atoms with Gasteiger partial charge in [0.1, 0.15) is 23.3 Å². The molecule has 2 aromatic heterocycles. The number of nitrogens with zero attached hydrogens (tertiary/aromatic N) is 7. The molecule has 0 radical (unpaired) electrons. The highest BCUT2D eigenvalue weighted by atomic mass is 16.6. The highest BCUT2D eigenvalue weighted by molar-refractivity contribution is 5.95. The summed E-state index contributed by atoms with van der Waals surface area (Å²) in [4.78, 5) is 55.4. The van der Waals surface area contributed by atoms with Crippen LogP contribution in [-0.2, 0) is 9.53 Å². The SMILES string of the molecule is CCN(CC)[C@@H](C(=O)N1CCC[C@H]1C1=NCC(c2ccc(-c3ncc(-c4c[nH]c([C@@H]5CCCN5C(=O)OC(C)(C)C)n4)cn3)cc2)N1)c1ccccc1. The van der Waals surface area contributed by atoms with Gasteiger partial charge in [-0.2, -0.15) is 0 Å². The van der Waals surface area contributed by atoms with Crippen molar-refractivity contribution in [1.82, 2.24) is 40.0 Å². The fourth-order valence-corrected chi connectivity index (χ4v) is 7.77. The number of aromatic nitrogens is 4. The van der Waals surface area contributed by atoms with E-state index in [0.29, 0.717) is 18.9 Å². The quantitative estimate of drug-likeness (QED) is 0.185. The molecular formula is C41H51N9O3. The summed E-state index contributed by atoms with van der Waals surface area (Å²) in [7, 11) is 0. The first-order valence-electron chi connectivity index (χ1n) is 19.0. The van der Waals surface area contributed by atoms with E-state index in [9.17, 15) is 9.59 Å². The molecule has 1 unspecified atom stereocenters. The second-order valence-corrected chi connectivity index (χ2v) is 15.1. The van der Waals surface area contributed by atoms with Crippen molar-refractivity contribution >= 4 is 17.8 Å². The zero-order valence-electron chi connectivity index (χ0n) is 31.5. The summed E-state index contributed by atoms with van der Waals surface area (Å²) in [5.74, 6) is 2.42. The maximum absolute atomic E-state index is 14.2. The van der Waals surface area contributed by atoms with E-state index in [1.807, 2.05) is 62.2 Å². The smallest absolute Gasteiger partial charge is 0.410 e. The molecule has 2 N–H and O–H groups in total. The number of hydrogen-bond acceptors (Lipinski definition) is 9. The van der Waals surface area contributed by atoms with E-state index in [4.69, 9.17) is 14.7 Å². The molecule has 2 aromatic carbocycles. The minimum Gasteiger partial charge on any atom is -0.444 e. The number of carbonyl (C=O) groups excluding carboxylic acids is 2. The molecule has 3 aliphatic rings. The van der Waals surface area contributed by atoms with Gasteiger partial charge >= 0.3 is 6.09 Å². The van der Waals surface area contributed by atoms with Gasteiger partial charge in [0.25, 0.3) is 0 Å². The number of aromatic amines is 1.